The molecule has 14 heavy (non-hydrogen) atoms. The maximum atomic E-state index is 10.7. The SMILES string of the molecule is COCc1ccc(C(=O)O)c(OC)c1. The van der Waals surface area contributed by atoms with E-state index in [0.29, 0.717) is 12.4 Å². The van der Waals surface area contributed by atoms with E-state index in [1.165, 1.54) is 13.2 Å². The molecule has 0 bridgehead atoms. The van der Waals surface area contributed by atoms with Crippen LogP contribution in [0.2, 0.25) is 0 Å². The molecule has 1 aromatic rings. The number of methoxy groups -OCH3 is 2. The maximum absolute atomic E-state index is 10.7. The van der Waals surface area contributed by atoms with Crippen LogP contribution in [0.25, 0.3) is 0 Å². The lowest BCUT2D eigenvalue weighted by Gasteiger charge is -2.06. The van der Waals surface area contributed by atoms with Crippen molar-refractivity contribution in [3.05, 3.63) is 29.3 Å². The number of carboxylic acid groups (broad SMARTS) is 1. The predicted molar refractivity (Wildman–Crippen MR) is 50.7 cm³/mol. The molecule has 1 aromatic carbocycles. The van der Waals surface area contributed by atoms with Crippen LogP contribution in [-0.4, -0.2) is 25.3 Å². The number of carboxylic acids is 1. The number of benzene rings is 1. The molecule has 0 aliphatic rings. The summed E-state index contributed by atoms with van der Waals surface area (Å²) in [5, 5.41) is 8.81. The van der Waals surface area contributed by atoms with Gasteiger partial charge in [0.1, 0.15) is 11.3 Å². The first-order valence-corrected chi connectivity index (χ1v) is 4.08. The highest BCUT2D eigenvalue weighted by molar-refractivity contribution is 5.90. The second kappa shape index (κ2) is 4.62. The van der Waals surface area contributed by atoms with Crippen molar-refractivity contribution >= 4 is 5.97 Å². The zero-order valence-electron chi connectivity index (χ0n) is 8.11. The van der Waals surface area contributed by atoms with E-state index in [2.05, 4.69) is 0 Å². The van der Waals surface area contributed by atoms with Crippen molar-refractivity contribution < 1.29 is 19.4 Å². The molecule has 0 atom stereocenters. The number of hydrogen-bond acceptors (Lipinski definition) is 3. The number of aromatic carboxylic acids is 1. The summed E-state index contributed by atoms with van der Waals surface area (Å²) in [6, 6.07) is 4.87. The standard InChI is InChI=1S/C10H12O4/c1-13-6-7-3-4-8(10(11)12)9(5-7)14-2/h3-5H,6H2,1-2H3,(H,11,12). The van der Waals surface area contributed by atoms with E-state index < -0.39 is 5.97 Å². The van der Waals surface area contributed by atoms with E-state index in [4.69, 9.17) is 14.6 Å². The Kier molecular flexibility index (Phi) is 3.48. The fourth-order valence-corrected chi connectivity index (χ4v) is 1.17. The summed E-state index contributed by atoms with van der Waals surface area (Å²) >= 11 is 0. The normalized spacial score (nSPS) is 9.86. The molecule has 0 aliphatic carbocycles. The summed E-state index contributed by atoms with van der Waals surface area (Å²) < 4.78 is 9.88. The first kappa shape index (κ1) is 10.5. The van der Waals surface area contributed by atoms with Crippen molar-refractivity contribution in [2.75, 3.05) is 14.2 Å². The van der Waals surface area contributed by atoms with Crippen molar-refractivity contribution in [3.63, 3.8) is 0 Å². The lowest BCUT2D eigenvalue weighted by atomic mass is 10.1. The third-order valence-corrected chi connectivity index (χ3v) is 1.81. The smallest absolute Gasteiger partial charge is 0.339 e. The van der Waals surface area contributed by atoms with Gasteiger partial charge in [-0.05, 0) is 17.7 Å². The highest BCUT2D eigenvalue weighted by Crippen LogP contribution is 2.20. The number of carbonyl (C=O) groups is 1. The Balaban J connectivity index is 3.05. The largest absolute Gasteiger partial charge is 0.496 e. The van der Waals surface area contributed by atoms with Crippen LogP contribution in [-0.2, 0) is 11.3 Å². The molecule has 0 fully saturated rings. The van der Waals surface area contributed by atoms with Crippen LogP contribution in [0.1, 0.15) is 15.9 Å². The fourth-order valence-electron chi connectivity index (χ4n) is 1.17. The quantitative estimate of drug-likeness (QED) is 0.793. The molecule has 0 aliphatic heterocycles. The molecule has 0 radical (unpaired) electrons. The summed E-state index contributed by atoms with van der Waals surface area (Å²) in [5.41, 5.74) is 1.04. The zero-order valence-corrected chi connectivity index (χ0v) is 8.11. The van der Waals surface area contributed by atoms with E-state index in [1.807, 2.05) is 0 Å². The van der Waals surface area contributed by atoms with Gasteiger partial charge in [0.25, 0.3) is 0 Å². The van der Waals surface area contributed by atoms with Gasteiger partial charge in [-0.2, -0.15) is 0 Å². The molecular weight excluding hydrogens is 184 g/mol. The molecule has 1 rings (SSSR count). The minimum atomic E-state index is -0.995. The molecule has 0 amide bonds. The van der Waals surface area contributed by atoms with Crippen molar-refractivity contribution in [3.8, 4) is 5.75 Å². The molecule has 4 nitrogen and oxygen atoms in total. The summed E-state index contributed by atoms with van der Waals surface area (Å²) in [4.78, 5) is 10.7. The molecule has 1 N–H and O–H groups in total. The summed E-state index contributed by atoms with van der Waals surface area (Å²) in [6.45, 7) is 0.441. The third-order valence-electron chi connectivity index (χ3n) is 1.81. The van der Waals surface area contributed by atoms with E-state index in [-0.39, 0.29) is 5.56 Å². The summed E-state index contributed by atoms with van der Waals surface area (Å²) in [5.74, 6) is -0.641. The number of hydrogen-bond donors (Lipinski definition) is 1. The van der Waals surface area contributed by atoms with Gasteiger partial charge in [0.05, 0.1) is 13.7 Å². The summed E-state index contributed by atoms with van der Waals surface area (Å²) in [7, 11) is 3.02. The molecule has 0 saturated carbocycles. The highest BCUT2D eigenvalue weighted by Gasteiger charge is 2.10. The Morgan fingerprint density at radius 2 is 2.14 bits per heavy atom. The van der Waals surface area contributed by atoms with Gasteiger partial charge in [-0.15, -0.1) is 0 Å². The van der Waals surface area contributed by atoms with Crippen molar-refractivity contribution in [2.24, 2.45) is 0 Å². The Morgan fingerprint density at radius 1 is 1.43 bits per heavy atom. The van der Waals surface area contributed by atoms with Crippen LogP contribution in [0.5, 0.6) is 5.75 Å². The molecule has 76 valence electrons. The van der Waals surface area contributed by atoms with Crippen molar-refractivity contribution in [1.29, 1.82) is 0 Å². The molecule has 0 aromatic heterocycles. The van der Waals surface area contributed by atoms with Crippen LogP contribution in [0.15, 0.2) is 18.2 Å². The van der Waals surface area contributed by atoms with Gasteiger partial charge in [-0.1, -0.05) is 6.07 Å². The Morgan fingerprint density at radius 3 is 2.64 bits per heavy atom. The molecular formula is C10H12O4. The van der Waals surface area contributed by atoms with Gasteiger partial charge in [0.2, 0.25) is 0 Å². The van der Waals surface area contributed by atoms with Crippen molar-refractivity contribution in [2.45, 2.75) is 6.61 Å². The van der Waals surface area contributed by atoms with Gasteiger partial charge >= 0.3 is 5.97 Å². The van der Waals surface area contributed by atoms with Gasteiger partial charge in [0, 0.05) is 7.11 Å². The van der Waals surface area contributed by atoms with Crippen LogP contribution in [0.3, 0.4) is 0 Å². The van der Waals surface area contributed by atoms with Gasteiger partial charge in [0.15, 0.2) is 0 Å². The average molecular weight is 196 g/mol. The van der Waals surface area contributed by atoms with E-state index in [1.54, 1.807) is 19.2 Å². The van der Waals surface area contributed by atoms with Crippen molar-refractivity contribution in [1.82, 2.24) is 0 Å². The first-order chi connectivity index (χ1) is 6.69. The molecule has 4 heteroatoms. The predicted octanol–water partition coefficient (Wildman–Crippen LogP) is 1.54. The molecule has 0 unspecified atom stereocenters. The van der Waals surface area contributed by atoms with Crippen LogP contribution in [0.4, 0.5) is 0 Å². The topological polar surface area (TPSA) is 55.8 Å². The van der Waals surface area contributed by atoms with Gasteiger partial charge < -0.3 is 14.6 Å². The monoisotopic (exact) mass is 196 g/mol. The van der Waals surface area contributed by atoms with Crippen LogP contribution >= 0.6 is 0 Å². The number of rotatable bonds is 4. The number of ether oxygens (including phenoxy) is 2. The Hall–Kier alpha value is -1.55. The average Bonchev–Trinajstić information content (AvgIpc) is 2.17. The van der Waals surface area contributed by atoms with E-state index in [0.717, 1.165) is 5.56 Å². The Labute approximate surface area is 82.1 Å². The second-order valence-electron chi connectivity index (χ2n) is 2.77. The molecule has 0 heterocycles. The minimum absolute atomic E-state index is 0.160. The lowest BCUT2D eigenvalue weighted by Crippen LogP contribution is -2.01. The van der Waals surface area contributed by atoms with Crippen LogP contribution < -0.4 is 4.74 Å². The minimum Gasteiger partial charge on any atom is -0.496 e. The maximum Gasteiger partial charge on any atom is 0.339 e. The molecule has 0 spiro atoms. The van der Waals surface area contributed by atoms with E-state index >= 15 is 0 Å². The molecule has 0 saturated heterocycles. The first-order valence-electron chi connectivity index (χ1n) is 4.08. The van der Waals surface area contributed by atoms with E-state index in [9.17, 15) is 4.79 Å². The van der Waals surface area contributed by atoms with Gasteiger partial charge in [-0.3, -0.25) is 0 Å². The fraction of sp³-hybridized carbons (Fsp3) is 0.300. The second-order valence-corrected chi connectivity index (χ2v) is 2.77. The third kappa shape index (κ3) is 2.23. The van der Waals surface area contributed by atoms with Gasteiger partial charge in [-0.25, -0.2) is 4.79 Å². The highest BCUT2D eigenvalue weighted by atomic mass is 16.5. The Bertz CT molecular complexity index is 333. The zero-order chi connectivity index (χ0) is 10.6. The lowest BCUT2D eigenvalue weighted by molar-refractivity contribution is 0.0693. The van der Waals surface area contributed by atoms with Crippen LogP contribution in [0, 0.1) is 0 Å². The summed E-state index contributed by atoms with van der Waals surface area (Å²) in [6.07, 6.45) is 0.